The molecule has 0 bridgehead atoms. The minimum Gasteiger partial charge on any atom is -0.347 e. The van der Waals surface area contributed by atoms with Crippen LogP contribution >= 0.6 is 11.6 Å². The molecule has 0 atom stereocenters. The molecule has 1 heterocycles. The SMILES string of the molecule is O=C(NCc1cccc(C(F)(F)F)c1)c1cc(-c2ccccc2)nn1-c1cccc(Cl)c1. The van der Waals surface area contributed by atoms with Gasteiger partial charge < -0.3 is 5.32 Å². The van der Waals surface area contributed by atoms with Gasteiger partial charge in [-0.3, -0.25) is 4.79 Å². The molecule has 0 saturated heterocycles. The average Bonchev–Trinajstić information content (AvgIpc) is 3.23. The molecular weight excluding hydrogens is 439 g/mol. The number of carbonyl (C=O) groups excluding carboxylic acids is 1. The van der Waals surface area contributed by atoms with Crippen LogP contribution in [-0.2, 0) is 12.7 Å². The lowest BCUT2D eigenvalue weighted by atomic mass is 10.1. The Kier molecular flexibility index (Phi) is 6.01. The number of alkyl halides is 3. The van der Waals surface area contributed by atoms with Gasteiger partial charge in [0.15, 0.2) is 0 Å². The van der Waals surface area contributed by atoms with Gasteiger partial charge in [-0.1, -0.05) is 60.1 Å². The van der Waals surface area contributed by atoms with E-state index in [1.807, 2.05) is 30.3 Å². The number of carbonyl (C=O) groups is 1. The zero-order chi connectivity index (χ0) is 22.7. The van der Waals surface area contributed by atoms with Crippen molar-refractivity contribution in [3.63, 3.8) is 0 Å². The summed E-state index contributed by atoms with van der Waals surface area (Å²) in [7, 11) is 0. The molecule has 0 unspecified atom stereocenters. The molecule has 1 aromatic heterocycles. The molecule has 0 radical (unpaired) electrons. The number of nitrogens with one attached hydrogen (secondary N) is 1. The number of hydrogen-bond acceptors (Lipinski definition) is 2. The minimum atomic E-state index is -4.45. The maximum absolute atomic E-state index is 13.0. The number of nitrogens with zero attached hydrogens (tertiary/aromatic N) is 2. The van der Waals surface area contributed by atoms with E-state index in [0.717, 1.165) is 17.7 Å². The van der Waals surface area contributed by atoms with Crippen molar-refractivity contribution in [3.8, 4) is 16.9 Å². The van der Waals surface area contributed by atoms with Crippen molar-refractivity contribution >= 4 is 17.5 Å². The van der Waals surface area contributed by atoms with Crippen LogP contribution in [0.25, 0.3) is 16.9 Å². The standard InChI is InChI=1S/C24H17ClF3N3O/c25-19-10-5-11-20(13-19)31-22(14-21(30-31)17-7-2-1-3-8-17)23(32)29-15-16-6-4-9-18(12-16)24(26,27)28/h1-14H,15H2,(H,29,32). The third-order valence-electron chi connectivity index (χ3n) is 4.77. The molecule has 4 aromatic rings. The van der Waals surface area contributed by atoms with Crippen LogP contribution in [0.5, 0.6) is 0 Å². The second-order valence-corrected chi connectivity index (χ2v) is 7.49. The lowest BCUT2D eigenvalue weighted by Gasteiger charge is -2.11. The Labute approximate surface area is 187 Å². The molecule has 1 amide bonds. The third kappa shape index (κ3) is 4.84. The van der Waals surface area contributed by atoms with Gasteiger partial charge in [-0.2, -0.15) is 18.3 Å². The Bertz CT molecular complexity index is 1250. The van der Waals surface area contributed by atoms with Gasteiger partial charge in [0.1, 0.15) is 5.69 Å². The van der Waals surface area contributed by atoms with Crippen molar-refractivity contribution in [2.75, 3.05) is 0 Å². The van der Waals surface area contributed by atoms with Crippen LogP contribution in [0.4, 0.5) is 13.2 Å². The van der Waals surface area contributed by atoms with Gasteiger partial charge in [-0.05, 0) is 42.0 Å². The molecule has 8 heteroatoms. The summed E-state index contributed by atoms with van der Waals surface area (Å²) in [6.07, 6.45) is -4.45. The predicted molar refractivity (Wildman–Crippen MR) is 117 cm³/mol. The zero-order valence-corrected chi connectivity index (χ0v) is 17.4. The van der Waals surface area contributed by atoms with E-state index < -0.39 is 17.6 Å². The highest BCUT2D eigenvalue weighted by molar-refractivity contribution is 6.30. The molecule has 0 saturated carbocycles. The third-order valence-corrected chi connectivity index (χ3v) is 5.01. The molecule has 3 aromatic carbocycles. The van der Waals surface area contributed by atoms with Crippen LogP contribution < -0.4 is 5.32 Å². The number of halogens is 4. The summed E-state index contributed by atoms with van der Waals surface area (Å²) in [4.78, 5) is 13.0. The molecule has 0 spiro atoms. The van der Waals surface area contributed by atoms with Crippen LogP contribution in [-0.4, -0.2) is 15.7 Å². The maximum atomic E-state index is 13.0. The second kappa shape index (κ2) is 8.88. The fourth-order valence-corrected chi connectivity index (χ4v) is 3.41. The summed E-state index contributed by atoms with van der Waals surface area (Å²) < 4.78 is 40.3. The number of rotatable bonds is 5. The molecule has 0 aliphatic heterocycles. The number of amides is 1. The van der Waals surface area contributed by atoms with Crippen LogP contribution in [0, 0.1) is 0 Å². The monoisotopic (exact) mass is 455 g/mol. The van der Waals surface area contributed by atoms with Crippen molar-refractivity contribution in [3.05, 3.63) is 107 Å². The van der Waals surface area contributed by atoms with E-state index in [1.54, 1.807) is 30.3 Å². The van der Waals surface area contributed by atoms with Crippen LogP contribution in [0.3, 0.4) is 0 Å². The first kappa shape index (κ1) is 21.6. The molecule has 0 aliphatic carbocycles. The van der Waals surface area contributed by atoms with Gasteiger partial charge >= 0.3 is 6.18 Å². The highest BCUT2D eigenvalue weighted by atomic mass is 35.5. The highest BCUT2D eigenvalue weighted by Crippen LogP contribution is 2.29. The van der Waals surface area contributed by atoms with E-state index in [4.69, 9.17) is 11.6 Å². The van der Waals surface area contributed by atoms with Crippen LogP contribution in [0.15, 0.2) is 84.9 Å². The van der Waals surface area contributed by atoms with Crippen molar-refractivity contribution in [1.82, 2.24) is 15.1 Å². The molecule has 1 N–H and O–H groups in total. The van der Waals surface area contributed by atoms with Gasteiger partial charge in [0.2, 0.25) is 0 Å². The quantitative estimate of drug-likeness (QED) is 0.393. The summed E-state index contributed by atoms with van der Waals surface area (Å²) in [5.74, 6) is -0.475. The van der Waals surface area contributed by atoms with Crippen molar-refractivity contribution in [1.29, 1.82) is 0 Å². The van der Waals surface area contributed by atoms with Crippen molar-refractivity contribution in [2.45, 2.75) is 12.7 Å². The lowest BCUT2D eigenvalue weighted by molar-refractivity contribution is -0.137. The maximum Gasteiger partial charge on any atom is 0.416 e. The van der Waals surface area contributed by atoms with Gasteiger partial charge in [0.25, 0.3) is 5.91 Å². The molecule has 32 heavy (non-hydrogen) atoms. The summed E-state index contributed by atoms with van der Waals surface area (Å²) in [5.41, 5.74) is 1.79. The zero-order valence-electron chi connectivity index (χ0n) is 16.6. The highest BCUT2D eigenvalue weighted by Gasteiger charge is 2.30. The predicted octanol–water partition coefficient (Wildman–Crippen LogP) is 6.14. The van der Waals surface area contributed by atoms with E-state index in [9.17, 15) is 18.0 Å². The van der Waals surface area contributed by atoms with Gasteiger partial charge in [0, 0.05) is 17.1 Å². The smallest absolute Gasteiger partial charge is 0.347 e. The van der Waals surface area contributed by atoms with Gasteiger partial charge in [-0.25, -0.2) is 4.68 Å². The summed E-state index contributed by atoms with van der Waals surface area (Å²) in [5, 5.41) is 7.73. The van der Waals surface area contributed by atoms with Crippen molar-refractivity contribution in [2.24, 2.45) is 0 Å². The van der Waals surface area contributed by atoms with E-state index in [0.29, 0.717) is 22.0 Å². The minimum absolute atomic E-state index is 0.0653. The lowest BCUT2D eigenvalue weighted by Crippen LogP contribution is -2.25. The van der Waals surface area contributed by atoms with Crippen LogP contribution in [0.2, 0.25) is 5.02 Å². The van der Waals surface area contributed by atoms with Gasteiger partial charge in [0.05, 0.1) is 16.9 Å². The summed E-state index contributed by atoms with van der Waals surface area (Å²) in [6.45, 7) is -0.0653. The van der Waals surface area contributed by atoms with E-state index in [-0.39, 0.29) is 12.2 Å². The topological polar surface area (TPSA) is 46.9 Å². The fourth-order valence-electron chi connectivity index (χ4n) is 3.23. The average molecular weight is 456 g/mol. The number of hydrogen-bond donors (Lipinski definition) is 1. The molecule has 4 nitrogen and oxygen atoms in total. The normalized spacial score (nSPS) is 11.4. The molecule has 0 aliphatic rings. The van der Waals surface area contributed by atoms with Gasteiger partial charge in [-0.15, -0.1) is 0 Å². The molecular formula is C24H17ClF3N3O. The number of aromatic nitrogens is 2. The Morgan fingerprint density at radius 2 is 1.69 bits per heavy atom. The summed E-state index contributed by atoms with van der Waals surface area (Å²) >= 11 is 6.11. The van der Waals surface area contributed by atoms with Crippen LogP contribution in [0.1, 0.15) is 21.6 Å². The first-order chi connectivity index (χ1) is 15.3. The second-order valence-electron chi connectivity index (χ2n) is 7.05. The fraction of sp³-hybridized carbons (Fsp3) is 0.0833. The Balaban J connectivity index is 1.64. The Hall–Kier alpha value is -3.58. The van der Waals surface area contributed by atoms with E-state index >= 15 is 0 Å². The van der Waals surface area contributed by atoms with E-state index in [1.165, 1.54) is 16.8 Å². The van der Waals surface area contributed by atoms with E-state index in [2.05, 4.69) is 10.4 Å². The van der Waals surface area contributed by atoms with Crippen molar-refractivity contribution < 1.29 is 18.0 Å². The largest absolute Gasteiger partial charge is 0.416 e. The first-order valence-electron chi connectivity index (χ1n) is 9.67. The molecule has 4 rings (SSSR count). The Morgan fingerprint density at radius 1 is 0.938 bits per heavy atom. The molecule has 162 valence electrons. The Morgan fingerprint density at radius 3 is 2.41 bits per heavy atom. The first-order valence-corrected chi connectivity index (χ1v) is 10.0. The summed E-state index contributed by atoms with van der Waals surface area (Å²) in [6, 6.07) is 22.7. The number of benzene rings is 3. The molecule has 0 fully saturated rings.